The Morgan fingerprint density at radius 1 is 1.21 bits per heavy atom. The third-order valence-electron chi connectivity index (χ3n) is 6.32. The number of carboxylic acids is 1. The van der Waals surface area contributed by atoms with Gasteiger partial charge in [0.15, 0.2) is 11.7 Å². The van der Waals surface area contributed by atoms with Crippen molar-refractivity contribution < 1.29 is 24.9 Å². The third kappa shape index (κ3) is 4.36. The van der Waals surface area contributed by atoms with Crippen LogP contribution in [0.15, 0.2) is 41.6 Å². The topological polar surface area (TPSA) is 127 Å². The van der Waals surface area contributed by atoms with Crippen molar-refractivity contribution >= 4 is 5.97 Å². The number of aromatic carboxylic acids is 1. The van der Waals surface area contributed by atoms with Gasteiger partial charge in [-0.2, -0.15) is 5.10 Å². The summed E-state index contributed by atoms with van der Waals surface area (Å²) in [7, 11) is 1.57. The number of fused-ring (bicyclic) bond motifs is 3. The molecule has 0 aliphatic carbocycles. The number of benzene rings is 1. The quantitative estimate of drug-likeness (QED) is 0.476. The van der Waals surface area contributed by atoms with E-state index in [1.54, 1.807) is 18.0 Å². The van der Waals surface area contributed by atoms with Crippen LogP contribution >= 0.6 is 0 Å². The fourth-order valence-electron chi connectivity index (χ4n) is 4.51. The van der Waals surface area contributed by atoms with Crippen LogP contribution in [-0.2, 0) is 13.0 Å². The molecule has 0 bridgehead atoms. The van der Waals surface area contributed by atoms with E-state index in [-0.39, 0.29) is 23.4 Å². The summed E-state index contributed by atoms with van der Waals surface area (Å²) in [4.78, 5) is 24.2. The van der Waals surface area contributed by atoms with Gasteiger partial charge in [0, 0.05) is 54.2 Å². The zero-order valence-corrected chi connectivity index (χ0v) is 19.6. The molecule has 180 valence electrons. The van der Waals surface area contributed by atoms with Gasteiger partial charge in [-0.05, 0) is 29.5 Å². The molecule has 3 heterocycles. The Bertz CT molecular complexity index is 1300. The number of aryl methyl sites for hydroxylation is 1. The van der Waals surface area contributed by atoms with Crippen molar-refractivity contribution in [2.75, 3.05) is 7.11 Å². The van der Waals surface area contributed by atoms with Crippen molar-refractivity contribution in [3.63, 3.8) is 0 Å². The second-order valence-corrected chi connectivity index (χ2v) is 9.71. The van der Waals surface area contributed by atoms with Gasteiger partial charge in [0.25, 0.3) is 0 Å². The van der Waals surface area contributed by atoms with E-state index in [0.717, 1.165) is 22.3 Å². The highest BCUT2D eigenvalue weighted by atomic mass is 16.5. The maximum absolute atomic E-state index is 12.6. The lowest BCUT2D eigenvalue weighted by atomic mass is 9.78. The van der Waals surface area contributed by atoms with Crippen molar-refractivity contribution in [2.24, 2.45) is 5.41 Å². The van der Waals surface area contributed by atoms with E-state index < -0.39 is 17.7 Å². The van der Waals surface area contributed by atoms with E-state index in [2.05, 4.69) is 25.9 Å². The fourth-order valence-corrected chi connectivity index (χ4v) is 4.51. The number of nitrogens with zero attached hydrogens (tertiary/aromatic N) is 3. The van der Waals surface area contributed by atoms with Gasteiger partial charge in [0.2, 0.25) is 0 Å². The van der Waals surface area contributed by atoms with Crippen LogP contribution in [0, 0.1) is 5.41 Å². The zero-order chi connectivity index (χ0) is 24.8. The minimum absolute atomic E-state index is 0.0660. The standard InChI is InChI=1S/C25H29N3O6/c1-25(2,3)22-8-14-7-17(15-11-26-27(12-15)6-5-23(30)31)21(34-4)9-16(14)19-10-20(29)18(24(32)33)13-28(19)22/h7,9-13,22-23,30-31H,5-6,8H2,1-4H3,(H,32,33). The van der Waals surface area contributed by atoms with Gasteiger partial charge >= 0.3 is 5.97 Å². The first kappa shape index (κ1) is 23.7. The number of hydrogen-bond donors (Lipinski definition) is 3. The number of pyridine rings is 1. The summed E-state index contributed by atoms with van der Waals surface area (Å²) in [5.74, 6) is -0.645. The Hall–Kier alpha value is -3.43. The minimum atomic E-state index is -1.40. The first-order chi connectivity index (χ1) is 16.0. The molecule has 0 saturated carbocycles. The molecule has 1 unspecified atom stereocenters. The zero-order valence-electron chi connectivity index (χ0n) is 19.6. The normalized spacial score (nSPS) is 15.2. The molecule has 9 heteroatoms. The maximum Gasteiger partial charge on any atom is 0.341 e. The van der Waals surface area contributed by atoms with Gasteiger partial charge < -0.3 is 24.6 Å². The Balaban J connectivity index is 1.87. The van der Waals surface area contributed by atoms with Crippen molar-refractivity contribution in [3.8, 4) is 28.1 Å². The van der Waals surface area contributed by atoms with E-state index in [1.807, 2.05) is 22.9 Å². The molecule has 1 atom stereocenters. The third-order valence-corrected chi connectivity index (χ3v) is 6.32. The van der Waals surface area contributed by atoms with Gasteiger partial charge in [0.1, 0.15) is 11.3 Å². The molecule has 1 aromatic carbocycles. The summed E-state index contributed by atoms with van der Waals surface area (Å²) >= 11 is 0. The smallest absolute Gasteiger partial charge is 0.341 e. The lowest BCUT2D eigenvalue weighted by Gasteiger charge is -2.39. The van der Waals surface area contributed by atoms with Crippen LogP contribution in [0.1, 0.15) is 49.2 Å². The molecule has 0 amide bonds. The van der Waals surface area contributed by atoms with E-state index in [9.17, 15) is 14.7 Å². The predicted octanol–water partition coefficient (Wildman–Crippen LogP) is 2.93. The van der Waals surface area contributed by atoms with Crippen LogP contribution < -0.4 is 10.2 Å². The summed E-state index contributed by atoms with van der Waals surface area (Å²) in [6.07, 6.45) is 4.41. The monoisotopic (exact) mass is 467 g/mol. The summed E-state index contributed by atoms with van der Waals surface area (Å²) in [6, 6.07) is 5.25. The van der Waals surface area contributed by atoms with Crippen LogP contribution in [0.2, 0.25) is 0 Å². The molecule has 1 aliphatic rings. The lowest BCUT2D eigenvalue weighted by molar-refractivity contribution is -0.0482. The van der Waals surface area contributed by atoms with Gasteiger partial charge in [-0.25, -0.2) is 4.79 Å². The molecule has 0 radical (unpaired) electrons. The number of rotatable bonds is 6. The number of methoxy groups -OCH3 is 1. The average Bonchev–Trinajstić information content (AvgIpc) is 3.24. The molecular weight excluding hydrogens is 438 g/mol. The Labute approximate surface area is 196 Å². The summed E-state index contributed by atoms with van der Waals surface area (Å²) in [6.45, 7) is 6.64. The van der Waals surface area contributed by atoms with Crippen molar-refractivity contribution in [2.45, 2.75) is 52.5 Å². The van der Waals surface area contributed by atoms with Crippen LogP contribution in [0.4, 0.5) is 0 Å². The number of hydrogen-bond acceptors (Lipinski definition) is 6. The molecular formula is C25H29N3O6. The number of carboxylic acid groups (broad SMARTS) is 1. The highest BCUT2D eigenvalue weighted by Gasteiger charge is 2.34. The Kier molecular flexibility index (Phi) is 6.09. The van der Waals surface area contributed by atoms with Crippen molar-refractivity contribution in [1.29, 1.82) is 0 Å². The number of carbonyl (C=O) groups is 1. The molecule has 0 fully saturated rings. The summed E-state index contributed by atoms with van der Waals surface area (Å²) in [5, 5.41) is 32.1. The van der Waals surface area contributed by atoms with E-state index in [4.69, 9.17) is 14.9 Å². The van der Waals surface area contributed by atoms with Crippen LogP contribution in [0.3, 0.4) is 0 Å². The molecule has 0 saturated heterocycles. The van der Waals surface area contributed by atoms with Gasteiger partial charge in [0.05, 0.1) is 19.0 Å². The Morgan fingerprint density at radius 2 is 1.94 bits per heavy atom. The SMILES string of the molecule is COc1cc2c(cc1-c1cnn(CCC(O)O)c1)CC(C(C)(C)C)n1cc(C(=O)O)c(=O)cc1-2. The van der Waals surface area contributed by atoms with E-state index >= 15 is 0 Å². The largest absolute Gasteiger partial charge is 0.496 e. The Morgan fingerprint density at radius 3 is 2.56 bits per heavy atom. The number of ether oxygens (including phenoxy) is 1. The molecule has 4 rings (SSSR count). The number of aliphatic hydroxyl groups is 2. The highest BCUT2D eigenvalue weighted by molar-refractivity contribution is 5.88. The van der Waals surface area contributed by atoms with Crippen LogP contribution in [0.25, 0.3) is 22.4 Å². The second-order valence-electron chi connectivity index (χ2n) is 9.71. The maximum atomic E-state index is 12.6. The van der Waals surface area contributed by atoms with Gasteiger partial charge in [-0.15, -0.1) is 0 Å². The molecule has 2 aromatic heterocycles. The molecule has 3 N–H and O–H groups in total. The highest BCUT2D eigenvalue weighted by Crippen LogP contribution is 2.45. The molecule has 0 spiro atoms. The predicted molar refractivity (Wildman–Crippen MR) is 126 cm³/mol. The summed E-state index contributed by atoms with van der Waals surface area (Å²) in [5.41, 5.74) is 3.19. The molecule has 3 aromatic rings. The first-order valence-corrected chi connectivity index (χ1v) is 11.1. The van der Waals surface area contributed by atoms with Crippen molar-refractivity contribution in [1.82, 2.24) is 14.3 Å². The molecule has 1 aliphatic heterocycles. The lowest BCUT2D eigenvalue weighted by Crippen LogP contribution is -2.32. The minimum Gasteiger partial charge on any atom is -0.496 e. The van der Waals surface area contributed by atoms with Crippen LogP contribution in [-0.4, -0.2) is 49.0 Å². The number of aliphatic hydroxyl groups excluding tert-OH is 1. The summed E-state index contributed by atoms with van der Waals surface area (Å²) < 4.78 is 9.23. The first-order valence-electron chi connectivity index (χ1n) is 11.1. The van der Waals surface area contributed by atoms with Gasteiger partial charge in [-0.1, -0.05) is 20.8 Å². The second kappa shape index (κ2) is 8.73. The van der Waals surface area contributed by atoms with Gasteiger partial charge in [-0.3, -0.25) is 9.48 Å². The average molecular weight is 468 g/mol. The fraction of sp³-hybridized carbons (Fsp3) is 0.400. The molecule has 9 nitrogen and oxygen atoms in total. The molecule has 34 heavy (non-hydrogen) atoms. The number of aromatic nitrogens is 3. The van der Waals surface area contributed by atoms with E-state index in [1.165, 1.54) is 12.3 Å². The van der Waals surface area contributed by atoms with E-state index in [0.29, 0.717) is 24.4 Å². The van der Waals surface area contributed by atoms with Crippen LogP contribution in [0.5, 0.6) is 5.75 Å². The van der Waals surface area contributed by atoms with Crippen molar-refractivity contribution in [3.05, 3.63) is 58.1 Å².